The molecule has 0 radical (unpaired) electrons. The van der Waals surface area contributed by atoms with Crippen LogP contribution in [0.4, 0.5) is 0 Å². The maximum atomic E-state index is 12.4. The van der Waals surface area contributed by atoms with Gasteiger partial charge in [-0.15, -0.1) is 0 Å². The first kappa shape index (κ1) is 21.0. The summed E-state index contributed by atoms with van der Waals surface area (Å²) < 4.78 is 5.04. The van der Waals surface area contributed by atoms with E-state index in [0.717, 1.165) is 6.42 Å². The maximum Gasteiger partial charge on any atom is 0.248 e. The number of hydrogen-bond acceptors (Lipinski definition) is 4. The lowest BCUT2D eigenvalue weighted by Crippen LogP contribution is -2.65. The first-order chi connectivity index (χ1) is 13.5. The number of methoxy groups -OCH3 is 1. The monoisotopic (exact) mass is 386 g/mol. The predicted octanol–water partition coefficient (Wildman–Crippen LogP) is 2.94. The van der Waals surface area contributed by atoms with Gasteiger partial charge in [0.15, 0.2) is 0 Å². The minimum absolute atomic E-state index is 0.00471. The van der Waals surface area contributed by atoms with Gasteiger partial charge in [-0.1, -0.05) is 30.3 Å². The number of hydrogen-bond donors (Lipinski definition) is 2. The van der Waals surface area contributed by atoms with Crippen LogP contribution in [-0.2, 0) is 9.53 Å². The van der Waals surface area contributed by atoms with Crippen LogP contribution in [0.2, 0.25) is 0 Å². The highest BCUT2D eigenvalue weighted by atomic mass is 16.5. The highest BCUT2D eigenvalue weighted by Crippen LogP contribution is 2.34. The molecule has 1 fully saturated rings. The molecular weight excluding hydrogens is 352 g/mol. The molecule has 3 rings (SSSR count). The topological polar surface area (TPSA) is 61.8 Å². The molecule has 3 atom stereocenters. The molecule has 1 aliphatic heterocycles. The van der Waals surface area contributed by atoms with Crippen LogP contribution in [0, 0.1) is 0 Å². The van der Waals surface area contributed by atoms with E-state index < -0.39 is 0 Å². The Labute approximate surface area is 168 Å². The molecule has 0 bridgehead atoms. The van der Waals surface area contributed by atoms with Crippen LogP contribution in [0.3, 0.4) is 0 Å². The number of benzene rings is 1. The van der Waals surface area contributed by atoms with Gasteiger partial charge in [0.05, 0.1) is 6.61 Å². The van der Waals surface area contributed by atoms with Crippen molar-refractivity contribution < 1.29 is 14.6 Å². The summed E-state index contributed by atoms with van der Waals surface area (Å²) in [5, 5.41) is 13.2. The average molecular weight is 387 g/mol. The van der Waals surface area contributed by atoms with Gasteiger partial charge in [-0.05, 0) is 56.2 Å². The molecule has 5 nitrogen and oxygen atoms in total. The molecule has 0 spiro atoms. The molecule has 0 saturated carbocycles. The highest BCUT2D eigenvalue weighted by molar-refractivity contribution is 5.77. The van der Waals surface area contributed by atoms with Gasteiger partial charge in [-0.2, -0.15) is 0 Å². The van der Waals surface area contributed by atoms with Gasteiger partial charge in [0.2, 0.25) is 5.91 Å². The molecular formula is C23H34N2O3. The molecule has 1 aromatic carbocycles. The van der Waals surface area contributed by atoms with Gasteiger partial charge in [0, 0.05) is 37.7 Å². The number of carbonyl (C=O) groups is 1. The summed E-state index contributed by atoms with van der Waals surface area (Å²) in [7, 11) is 1.55. The number of aliphatic hydroxyl groups excluding tert-OH is 1. The first-order valence-electron chi connectivity index (χ1n) is 10.5. The van der Waals surface area contributed by atoms with Crippen molar-refractivity contribution in [2.75, 3.05) is 26.9 Å². The quantitative estimate of drug-likeness (QED) is 0.721. The van der Waals surface area contributed by atoms with Gasteiger partial charge in [0.25, 0.3) is 0 Å². The summed E-state index contributed by atoms with van der Waals surface area (Å²) in [6.07, 6.45) is 7.28. The maximum absolute atomic E-state index is 12.4. The van der Waals surface area contributed by atoms with E-state index in [-0.39, 0.29) is 43.2 Å². The lowest BCUT2D eigenvalue weighted by molar-refractivity contribution is -0.138. The normalized spacial score (nSPS) is 24.6. The number of rotatable bonds is 8. The zero-order valence-corrected chi connectivity index (χ0v) is 17.4. The zero-order valence-electron chi connectivity index (χ0n) is 17.4. The van der Waals surface area contributed by atoms with Crippen LogP contribution in [0.1, 0.15) is 56.6 Å². The lowest BCUT2D eigenvalue weighted by atomic mass is 9.77. The van der Waals surface area contributed by atoms with E-state index in [2.05, 4.69) is 35.7 Å². The smallest absolute Gasteiger partial charge is 0.248 e. The van der Waals surface area contributed by atoms with Gasteiger partial charge in [0.1, 0.15) is 6.61 Å². The number of amides is 1. The van der Waals surface area contributed by atoms with Crippen molar-refractivity contribution in [3.63, 3.8) is 0 Å². The summed E-state index contributed by atoms with van der Waals surface area (Å²) in [5.74, 6) is 0.209. The summed E-state index contributed by atoms with van der Waals surface area (Å²) in [6.45, 7) is 4.87. The third kappa shape index (κ3) is 4.65. The van der Waals surface area contributed by atoms with Crippen LogP contribution in [-0.4, -0.2) is 60.9 Å². The Bertz CT molecular complexity index is 684. The number of nitrogens with one attached hydrogen (secondary N) is 1. The molecule has 0 unspecified atom stereocenters. The van der Waals surface area contributed by atoms with E-state index in [4.69, 9.17) is 4.74 Å². The largest absolute Gasteiger partial charge is 0.395 e. The lowest BCUT2D eigenvalue weighted by Gasteiger charge is -2.48. The fourth-order valence-corrected chi connectivity index (χ4v) is 4.48. The summed E-state index contributed by atoms with van der Waals surface area (Å²) >= 11 is 0. The Kier molecular flexibility index (Phi) is 7.27. The number of nitrogens with zero attached hydrogens (tertiary/aromatic N) is 1. The van der Waals surface area contributed by atoms with Crippen molar-refractivity contribution in [2.45, 2.75) is 63.6 Å². The van der Waals surface area contributed by atoms with Gasteiger partial charge >= 0.3 is 0 Å². The number of carbonyl (C=O) groups excluding carboxylic acids is 1. The van der Waals surface area contributed by atoms with Crippen molar-refractivity contribution in [1.82, 2.24) is 10.2 Å². The van der Waals surface area contributed by atoms with E-state index in [9.17, 15) is 9.90 Å². The van der Waals surface area contributed by atoms with Crippen LogP contribution in [0.25, 0.3) is 5.57 Å². The van der Waals surface area contributed by atoms with Gasteiger partial charge in [-0.25, -0.2) is 0 Å². The molecule has 2 aliphatic rings. The second kappa shape index (κ2) is 9.68. The molecule has 5 heteroatoms. The molecule has 28 heavy (non-hydrogen) atoms. The standard InChI is InChI=1S/C23H34N2O3/c1-16(2)25(22(27)15-28-3)13-20-23(21(14-26)24-20)19-11-9-18(10-12-19)17-7-5-4-6-8-17/h7,9-12,16,20-21,23-24,26H,4-6,8,13-15H2,1-3H3/t20-,21-,23+/m1/s1. The molecule has 154 valence electrons. The third-order valence-electron chi connectivity index (χ3n) is 6.05. The SMILES string of the molecule is COCC(=O)N(C[C@H]1N[C@H](CO)[C@H]1c1ccc(C2=CCCCC2)cc1)C(C)C. The van der Waals surface area contributed by atoms with Crippen LogP contribution in [0.15, 0.2) is 30.3 Å². The van der Waals surface area contributed by atoms with Crippen LogP contribution < -0.4 is 5.32 Å². The van der Waals surface area contributed by atoms with E-state index >= 15 is 0 Å². The summed E-state index contributed by atoms with van der Waals surface area (Å²) in [6, 6.07) is 9.11. The van der Waals surface area contributed by atoms with Crippen molar-refractivity contribution in [1.29, 1.82) is 0 Å². The second-order valence-corrected chi connectivity index (χ2v) is 8.26. The number of ether oxygens (including phenoxy) is 1. The van der Waals surface area contributed by atoms with Crippen molar-refractivity contribution in [3.8, 4) is 0 Å². The Morgan fingerprint density at radius 3 is 2.57 bits per heavy atom. The molecule has 0 aromatic heterocycles. The highest BCUT2D eigenvalue weighted by Gasteiger charge is 2.42. The van der Waals surface area contributed by atoms with E-state index in [1.165, 1.54) is 36.0 Å². The van der Waals surface area contributed by atoms with E-state index in [0.29, 0.717) is 6.54 Å². The molecule has 1 aliphatic carbocycles. The summed E-state index contributed by atoms with van der Waals surface area (Å²) in [5.41, 5.74) is 3.99. The number of allylic oxidation sites excluding steroid dienone is 2. The van der Waals surface area contributed by atoms with Crippen LogP contribution >= 0.6 is 0 Å². The molecule has 2 N–H and O–H groups in total. The minimum Gasteiger partial charge on any atom is -0.395 e. The summed E-state index contributed by atoms with van der Waals surface area (Å²) in [4.78, 5) is 14.3. The Balaban J connectivity index is 1.72. The second-order valence-electron chi connectivity index (χ2n) is 8.26. The van der Waals surface area contributed by atoms with Crippen molar-refractivity contribution >= 4 is 11.5 Å². The molecule has 1 aromatic rings. The zero-order chi connectivity index (χ0) is 20.1. The molecule has 1 heterocycles. The fourth-order valence-electron chi connectivity index (χ4n) is 4.48. The van der Waals surface area contributed by atoms with Crippen molar-refractivity contribution in [2.24, 2.45) is 0 Å². The molecule has 1 amide bonds. The van der Waals surface area contributed by atoms with E-state index in [1.807, 2.05) is 18.7 Å². The van der Waals surface area contributed by atoms with Crippen molar-refractivity contribution in [3.05, 3.63) is 41.5 Å². The minimum atomic E-state index is 0.00471. The van der Waals surface area contributed by atoms with Crippen LogP contribution in [0.5, 0.6) is 0 Å². The predicted molar refractivity (Wildman–Crippen MR) is 112 cm³/mol. The van der Waals surface area contributed by atoms with Gasteiger partial charge < -0.3 is 20.1 Å². The Morgan fingerprint density at radius 2 is 2.00 bits per heavy atom. The number of aliphatic hydroxyl groups is 1. The molecule has 1 saturated heterocycles. The third-order valence-corrected chi connectivity index (χ3v) is 6.05. The van der Waals surface area contributed by atoms with E-state index in [1.54, 1.807) is 7.11 Å². The average Bonchev–Trinajstić information content (AvgIpc) is 2.68. The first-order valence-corrected chi connectivity index (χ1v) is 10.5. The fraction of sp³-hybridized carbons (Fsp3) is 0.609. The Hall–Kier alpha value is -1.69. The van der Waals surface area contributed by atoms with Gasteiger partial charge in [-0.3, -0.25) is 4.79 Å². The Morgan fingerprint density at radius 1 is 1.25 bits per heavy atom.